The van der Waals surface area contributed by atoms with Crippen LogP contribution >= 0.6 is 0 Å². The maximum atomic E-state index is 11.7. The van der Waals surface area contributed by atoms with E-state index in [0.717, 1.165) is 11.8 Å². The van der Waals surface area contributed by atoms with Crippen molar-refractivity contribution in [2.75, 3.05) is 6.54 Å². The number of halogens is 2. The molecule has 0 aliphatic carbocycles. The van der Waals surface area contributed by atoms with Crippen LogP contribution in [0.3, 0.4) is 0 Å². The van der Waals surface area contributed by atoms with Crippen molar-refractivity contribution in [3.8, 4) is 0 Å². The maximum Gasteiger partial charge on any atom is 0.256 e. The summed E-state index contributed by atoms with van der Waals surface area (Å²) >= 11 is 0. The van der Waals surface area contributed by atoms with Gasteiger partial charge in [-0.3, -0.25) is 15.1 Å². The smallest absolute Gasteiger partial charge is 0.256 e. The second-order valence-corrected chi connectivity index (χ2v) is 2.11. The van der Waals surface area contributed by atoms with E-state index in [2.05, 4.69) is 0 Å². The van der Waals surface area contributed by atoms with Crippen molar-refractivity contribution in [1.82, 2.24) is 4.90 Å². The molecule has 0 radical (unpaired) electrons. The maximum absolute atomic E-state index is 11.7. The average Bonchev–Trinajstić information content (AvgIpc) is 1.81. The van der Waals surface area contributed by atoms with Gasteiger partial charge in [-0.25, -0.2) is 8.78 Å². The summed E-state index contributed by atoms with van der Waals surface area (Å²) in [6.45, 7) is 1.76. The number of nitrogens with one attached hydrogen (secondary N) is 1. The van der Waals surface area contributed by atoms with Crippen LogP contribution in [0.5, 0.6) is 0 Å². The van der Waals surface area contributed by atoms with Gasteiger partial charge < -0.3 is 0 Å². The molecule has 0 saturated carbocycles. The number of alkyl halides is 2. The highest BCUT2D eigenvalue weighted by Crippen LogP contribution is 1.99. The van der Waals surface area contributed by atoms with Gasteiger partial charge in [0.2, 0.25) is 5.91 Å². The van der Waals surface area contributed by atoms with E-state index in [-0.39, 0.29) is 5.84 Å². The van der Waals surface area contributed by atoms with Crippen molar-refractivity contribution in [3.05, 3.63) is 0 Å². The summed E-state index contributed by atoms with van der Waals surface area (Å²) in [5.41, 5.74) is 0. The van der Waals surface area contributed by atoms with Crippen LogP contribution in [0.15, 0.2) is 0 Å². The zero-order chi connectivity index (χ0) is 9.02. The number of nitrogens with zero attached hydrogens (tertiary/aromatic N) is 1. The van der Waals surface area contributed by atoms with Crippen LogP contribution in [0.25, 0.3) is 0 Å². The molecule has 5 heteroatoms. The van der Waals surface area contributed by atoms with Gasteiger partial charge in [0, 0.05) is 6.92 Å². The van der Waals surface area contributed by atoms with Gasteiger partial charge in [0.15, 0.2) is 0 Å². The normalized spacial score (nSPS) is 9.91. The third-order valence-electron chi connectivity index (χ3n) is 1.11. The molecule has 0 spiro atoms. The van der Waals surface area contributed by atoms with Gasteiger partial charge in [-0.2, -0.15) is 0 Å². The molecule has 0 aromatic carbocycles. The molecule has 0 saturated heterocycles. The molecule has 0 atom stereocenters. The third kappa shape index (κ3) is 3.64. The summed E-state index contributed by atoms with van der Waals surface area (Å²) in [5.74, 6) is -0.685. The molecule has 0 aromatic heterocycles. The number of amides is 1. The highest BCUT2D eigenvalue weighted by Gasteiger charge is 2.15. The number of amidine groups is 1. The molecule has 0 aliphatic rings. The van der Waals surface area contributed by atoms with Gasteiger partial charge in [0.1, 0.15) is 0 Å². The topological polar surface area (TPSA) is 44.2 Å². The van der Waals surface area contributed by atoms with Crippen molar-refractivity contribution in [1.29, 1.82) is 5.41 Å². The Bertz CT molecular complexity index is 156. The van der Waals surface area contributed by atoms with Crippen LogP contribution in [0.2, 0.25) is 0 Å². The molecule has 3 nitrogen and oxygen atoms in total. The minimum Gasteiger partial charge on any atom is -0.296 e. The fraction of sp³-hybridized carbons (Fsp3) is 0.667. The Labute approximate surface area is 63.5 Å². The Balaban J connectivity index is 4.12. The summed E-state index contributed by atoms with van der Waals surface area (Å²) in [5, 5.41) is 6.95. The van der Waals surface area contributed by atoms with Crippen LogP contribution in [0.1, 0.15) is 13.8 Å². The van der Waals surface area contributed by atoms with E-state index < -0.39 is 18.9 Å². The number of carbonyl (C=O) groups excluding carboxylic acids is 1. The highest BCUT2D eigenvalue weighted by molar-refractivity contribution is 5.94. The second-order valence-electron chi connectivity index (χ2n) is 2.11. The molecule has 0 rings (SSSR count). The van der Waals surface area contributed by atoms with Gasteiger partial charge >= 0.3 is 0 Å². The predicted octanol–water partition coefficient (Wildman–Crippen LogP) is 1.10. The molecule has 0 heterocycles. The Hall–Kier alpha value is -1.00. The van der Waals surface area contributed by atoms with Crippen molar-refractivity contribution in [2.24, 2.45) is 0 Å². The number of carbonyl (C=O) groups is 1. The lowest BCUT2D eigenvalue weighted by Gasteiger charge is -2.18. The van der Waals surface area contributed by atoms with Gasteiger partial charge in [0.25, 0.3) is 6.43 Å². The van der Waals surface area contributed by atoms with Crippen molar-refractivity contribution in [3.63, 3.8) is 0 Å². The Kier molecular flexibility index (Phi) is 3.64. The Morgan fingerprint density at radius 2 is 2.00 bits per heavy atom. The summed E-state index contributed by atoms with van der Waals surface area (Å²) in [6, 6.07) is 0. The first kappa shape index (κ1) is 10.0. The molecule has 0 bridgehead atoms. The minimum atomic E-state index is -2.58. The average molecular weight is 164 g/mol. The zero-order valence-electron chi connectivity index (χ0n) is 6.40. The lowest BCUT2D eigenvalue weighted by molar-refractivity contribution is -0.126. The molecular weight excluding hydrogens is 154 g/mol. The van der Waals surface area contributed by atoms with Gasteiger partial charge in [-0.05, 0) is 6.92 Å². The minimum absolute atomic E-state index is 0.155. The Morgan fingerprint density at radius 1 is 1.55 bits per heavy atom. The van der Waals surface area contributed by atoms with E-state index in [4.69, 9.17) is 5.41 Å². The summed E-state index contributed by atoms with van der Waals surface area (Å²) < 4.78 is 23.4. The largest absolute Gasteiger partial charge is 0.296 e. The van der Waals surface area contributed by atoms with E-state index in [0.29, 0.717) is 0 Å². The molecule has 11 heavy (non-hydrogen) atoms. The van der Waals surface area contributed by atoms with Crippen LogP contribution in [0.4, 0.5) is 8.78 Å². The van der Waals surface area contributed by atoms with Crippen LogP contribution in [0, 0.1) is 5.41 Å². The molecule has 0 fully saturated rings. The monoisotopic (exact) mass is 164 g/mol. The first-order valence-electron chi connectivity index (χ1n) is 3.06. The summed E-state index contributed by atoms with van der Waals surface area (Å²) in [7, 11) is 0. The van der Waals surface area contributed by atoms with Crippen molar-refractivity contribution < 1.29 is 13.6 Å². The molecule has 64 valence electrons. The molecule has 1 N–H and O–H groups in total. The van der Waals surface area contributed by atoms with E-state index >= 15 is 0 Å². The van der Waals surface area contributed by atoms with Crippen LogP contribution < -0.4 is 0 Å². The Morgan fingerprint density at radius 3 is 2.09 bits per heavy atom. The van der Waals surface area contributed by atoms with Gasteiger partial charge in [0.05, 0.1) is 12.4 Å². The molecule has 1 amide bonds. The lowest BCUT2D eigenvalue weighted by atomic mass is 10.4. The van der Waals surface area contributed by atoms with Crippen molar-refractivity contribution >= 4 is 11.7 Å². The quantitative estimate of drug-likeness (QED) is 0.482. The van der Waals surface area contributed by atoms with E-state index in [9.17, 15) is 13.6 Å². The van der Waals surface area contributed by atoms with Crippen molar-refractivity contribution in [2.45, 2.75) is 20.3 Å². The van der Waals surface area contributed by atoms with Gasteiger partial charge in [-0.15, -0.1) is 0 Å². The SMILES string of the molecule is CC(=N)N(CC(F)F)C(C)=O. The number of rotatable bonds is 2. The molecule has 0 aliphatic heterocycles. The van der Waals surface area contributed by atoms with Crippen LogP contribution in [-0.4, -0.2) is 29.6 Å². The fourth-order valence-electron chi connectivity index (χ4n) is 0.640. The predicted molar refractivity (Wildman–Crippen MR) is 36.8 cm³/mol. The summed E-state index contributed by atoms with van der Waals surface area (Å²) in [6.07, 6.45) is -2.58. The standard InChI is InChI=1S/C6H10F2N2O/c1-4(9)10(5(2)11)3-6(7)8/h6,9H,3H2,1-2H3. The zero-order valence-corrected chi connectivity index (χ0v) is 6.40. The fourth-order valence-corrected chi connectivity index (χ4v) is 0.640. The van der Waals surface area contributed by atoms with E-state index in [1.54, 1.807) is 0 Å². The van der Waals surface area contributed by atoms with E-state index in [1.807, 2.05) is 0 Å². The number of hydrogen-bond acceptors (Lipinski definition) is 2. The first-order valence-corrected chi connectivity index (χ1v) is 3.06. The van der Waals surface area contributed by atoms with E-state index in [1.165, 1.54) is 6.92 Å². The molecule has 0 aromatic rings. The summed E-state index contributed by atoms with van der Waals surface area (Å²) in [4.78, 5) is 11.3. The third-order valence-corrected chi connectivity index (χ3v) is 1.11. The molecule has 0 unspecified atom stereocenters. The van der Waals surface area contributed by atoms with Gasteiger partial charge in [-0.1, -0.05) is 0 Å². The highest BCUT2D eigenvalue weighted by atomic mass is 19.3. The number of hydrogen-bond donors (Lipinski definition) is 1. The molecular formula is C6H10F2N2O. The second kappa shape index (κ2) is 4.00. The first-order chi connectivity index (χ1) is 4.95. The van der Waals surface area contributed by atoms with Crippen LogP contribution in [-0.2, 0) is 4.79 Å². The lowest BCUT2D eigenvalue weighted by Crippen LogP contribution is -2.36.